The molecule has 2 aromatic rings. The molecule has 2 aromatic carbocycles. The minimum Gasteiger partial charge on any atom is -0.338 e. The van der Waals surface area contributed by atoms with Crippen LogP contribution in [0.4, 0.5) is 9.18 Å². The Labute approximate surface area is 140 Å². The highest BCUT2D eigenvalue weighted by Gasteiger charge is 2.22. The number of nitrogens with one attached hydrogen (secondary N) is 3. The summed E-state index contributed by atoms with van der Waals surface area (Å²) in [5, 5.41) is 7.80. The fourth-order valence-electron chi connectivity index (χ4n) is 2.25. The first-order valence-corrected chi connectivity index (χ1v) is 7.72. The van der Waals surface area contributed by atoms with Gasteiger partial charge in [0.2, 0.25) is 5.91 Å². The van der Waals surface area contributed by atoms with Crippen LogP contribution in [0.1, 0.15) is 24.1 Å². The molecule has 24 heavy (non-hydrogen) atoms. The first-order chi connectivity index (χ1) is 11.6. The molecule has 0 aliphatic carbocycles. The molecule has 0 spiro atoms. The van der Waals surface area contributed by atoms with Crippen LogP contribution in [-0.4, -0.2) is 18.5 Å². The van der Waals surface area contributed by atoms with Crippen molar-refractivity contribution in [2.24, 2.45) is 0 Å². The summed E-state index contributed by atoms with van der Waals surface area (Å²) in [5.74, 6) is -0.843. The van der Waals surface area contributed by atoms with E-state index in [-0.39, 0.29) is 12.4 Å². The van der Waals surface area contributed by atoms with Gasteiger partial charge in [0, 0.05) is 18.7 Å². The predicted molar refractivity (Wildman–Crippen MR) is 89.6 cm³/mol. The Morgan fingerprint density at radius 2 is 1.71 bits per heavy atom. The van der Waals surface area contributed by atoms with Crippen LogP contribution in [-0.2, 0) is 11.3 Å². The highest BCUT2D eigenvalue weighted by molar-refractivity contribution is 5.97. The second kappa shape index (κ2) is 8.79. The smallest absolute Gasteiger partial charge is 0.321 e. The number of rotatable bonds is 6. The molecule has 0 radical (unpaired) electrons. The quantitative estimate of drug-likeness (QED) is 0.763. The van der Waals surface area contributed by atoms with E-state index < -0.39 is 18.0 Å². The van der Waals surface area contributed by atoms with Gasteiger partial charge >= 0.3 is 6.03 Å². The molecule has 0 saturated carbocycles. The lowest BCUT2D eigenvalue weighted by molar-refractivity contribution is -0.122. The standard InChI is InChI=1S/C18H20FN3O2/c1-2-20-18(24)22-17(23)16(13-8-4-3-5-9-13)21-12-14-10-6-7-11-15(14)19/h3-11,16,21H,2,12H2,1H3,(H2,20,22,23,24)/t16-/m0/s1. The van der Waals surface area contributed by atoms with E-state index in [1.807, 2.05) is 6.07 Å². The van der Waals surface area contributed by atoms with E-state index in [9.17, 15) is 14.0 Å². The molecular weight excluding hydrogens is 309 g/mol. The Balaban J connectivity index is 2.13. The number of carbonyl (C=O) groups excluding carboxylic acids is 2. The van der Waals surface area contributed by atoms with E-state index in [4.69, 9.17) is 0 Å². The average Bonchev–Trinajstić information content (AvgIpc) is 2.58. The summed E-state index contributed by atoms with van der Waals surface area (Å²) in [6.45, 7) is 2.34. The molecule has 0 aliphatic rings. The Kier molecular flexibility index (Phi) is 6.45. The monoisotopic (exact) mass is 329 g/mol. The largest absolute Gasteiger partial charge is 0.338 e. The van der Waals surface area contributed by atoms with Gasteiger partial charge in [-0.3, -0.25) is 15.4 Å². The molecule has 0 fully saturated rings. The Bertz CT molecular complexity index is 692. The number of hydrogen-bond donors (Lipinski definition) is 3. The zero-order valence-electron chi connectivity index (χ0n) is 13.4. The van der Waals surface area contributed by atoms with Crippen LogP contribution in [0.2, 0.25) is 0 Å². The third kappa shape index (κ3) is 4.89. The zero-order chi connectivity index (χ0) is 17.4. The molecule has 0 bridgehead atoms. The van der Waals surface area contributed by atoms with Crippen molar-refractivity contribution in [1.82, 2.24) is 16.0 Å². The summed E-state index contributed by atoms with van der Waals surface area (Å²) in [6, 6.07) is 14.0. The van der Waals surface area contributed by atoms with Crippen LogP contribution < -0.4 is 16.0 Å². The van der Waals surface area contributed by atoms with Gasteiger partial charge in [0.1, 0.15) is 11.9 Å². The van der Waals surface area contributed by atoms with Gasteiger partial charge in [0.05, 0.1) is 0 Å². The van der Waals surface area contributed by atoms with E-state index in [1.54, 1.807) is 49.4 Å². The van der Waals surface area contributed by atoms with Crippen molar-refractivity contribution in [3.05, 3.63) is 71.5 Å². The fraction of sp³-hybridized carbons (Fsp3) is 0.222. The molecule has 2 rings (SSSR count). The molecular formula is C18H20FN3O2. The molecule has 0 saturated heterocycles. The van der Waals surface area contributed by atoms with Gasteiger partial charge in [-0.2, -0.15) is 0 Å². The maximum absolute atomic E-state index is 13.7. The van der Waals surface area contributed by atoms with Gasteiger partial charge in [0.25, 0.3) is 0 Å². The third-order valence-electron chi connectivity index (χ3n) is 3.42. The van der Waals surface area contributed by atoms with Gasteiger partial charge in [-0.25, -0.2) is 9.18 Å². The molecule has 0 unspecified atom stereocenters. The van der Waals surface area contributed by atoms with Crippen LogP contribution in [0.3, 0.4) is 0 Å². The molecule has 0 aromatic heterocycles. The van der Waals surface area contributed by atoms with Gasteiger partial charge in [0.15, 0.2) is 0 Å². The van der Waals surface area contributed by atoms with Gasteiger partial charge in [-0.1, -0.05) is 48.5 Å². The number of urea groups is 1. The van der Waals surface area contributed by atoms with Crippen molar-refractivity contribution >= 4 is 11.9 Å². The summed E-state index contributed by atoms with van der Waals surface area (Å²) in [5.41, 5.74) is 1.14. The number of carbonyl (C=O) groups is 2. The van der Waals surface area contributed by atoms with Crippen molar-refractivity contribution in [3.8, 4) is 0 Å². The van der Waals surface area contributed by atoms with Crippen LogP contribution in [0.5, 0.6) is 0 Å². The average molecular weight is 329 g/mol. The Hall–Kier alpha value is -2.73. The Morgan fingerprint density at radius 1 is 1.04 bits per heavy atom. The Morgan fingerprint density at radius 3 is 2.38 bits per heavy atom. The van der Waals surface area contributed by atoms with E-state index >= 15 is 0 Å². The first kappa shape index (κ1) is 17.6. The molecule has 3 amide bonds. The van der Waals surface area contributed by atoms with Crippen molar-refractivity contribution < 1.29 is 14.0 Å². The van der Waals surface area contributed by atoms with Gasteiger partial charge in [-0.15, -0.1) is 0 Å². The van der Waals surface area contributed by atoms with Crippen molar-refractivity contribution in [2.45, 2.75) is 19.5 Å². The molecule has 1 atom stereocenters. The molecule has 126 valence electrons. The minimum absolute atomic E-state index is 0.162. The van der Waals surface area contributed by atoms with E-state index in [1.165, 1.54) is 6.07 Å². The van der Waals surface area contributed by atoms with Crippen molar-refractivity contribution in [2.75, 3.05) is 6.54 Å². The second-order valence-electron chi connectivity index (χ2n) is 5.16. The normalized spacial score (nSPS) is 11.6. The van der Waals surface area contributed by atoms with Crippen LogP contribution in [0, 0.1) is 5.82 Å². The molecule has 3 N–H and O–H groups in total. The van der Waals surface area contributed by atoms with Crippen LogP contribution >= 0.6 is 0 Å². The molecule has 5 nitrogen and oxygen atoms in total. The summed E-state index contributed by atoms with van der Waals surface area (Å²) < 4.78 is 13.7. The van der Waals surface area contributed by atoms with Gasteiger partial charge in [-0.05, 0) is 18.6 Å². The topological polar surface area (TPSA) is 70.2 Å². The zero-order valence-corrected chi connectivity index (χ0v) is 13.4. The van der Waals surface area contributed by atoms with Crippen LogP contribution in [0.15, 0.2) is 54.6 Å². The summed E-state index contributed by atoms with van der Waals surface area (Å²) in [4.78, 5) is 24.0. The first-order valence-electron chi connectivity index (χ1n) is 7.72. The summed E-state index contributed by atoms with van der Waals surface area (Å²) in [7, 11) is 0. The van der Waals surface area contributed by atoms with E-state index in [0.717, 1.165) is 0 Å². The molecule has 0 heterocycles. The number of halogens is 1. The fourth-order valence-corrected chi connectivity index (χ4v) is 2.25. The van der Waals surface area contributed by atoms with Crippen LogP contribution in [0.25, 0.3) is 0 Å². The summed E-state index contributed by atoms with van der Waals surface area (Å²) in [6.07, 6.45) is 0. The van der Waals surface area contributed by atoms with E-state index in [0.29, 0.717) is 17.7 Å². The number of benzene rings is 2. The second-order valence-corrected chi connectivity index (χ2v) is 5.16. The van der Waals surface area contributed by atoms with Crippen molar-refractivity contribution in [3.63, 3.8) is 0 Å². The third-order valence-corrected chi connectivity index (χ3v) is 3.42. The summed E-state index contributed by atoms with van der Waals surface area (Å²) >= 11 is 0. The predicted octanol–water partition coefficient (Wildman–Crippen LogP) is 2.50. The highest BCUT2D eigenvalue weighted by Crippen LogP contribution is 2.15. The number of hydrogen-bond acceptors (Lipinski definition) is 3. The lowest BCUT2D eigenvalue weighted by atomic mass is 10.1. The van der Waals surface area contributed by atoms with Gasteiger partial charge < -0.3 is 5.32 Å². The maximum atomic E-state index is 13.7. The minimum atomic E-state index is -0.770. The molecule has 0 aliphatic heterocycles. The number of amides is 3. The molecule has 6 heteroatoms. The maximum Gasteiger partial charge on any atom is 0.321 e. The highest BCUT2D eigenvalue weighted by atomic mass is 19.1. The SMILES string of the molecule is CCNC(=O)NC(=O)[C@@H](NCc1ccccc1F)c1ccccc1. The lowest BCUT2D eigenvalue weighted by Gasteiger charge is -2.19. The van der Waals surface area contributed by atoms with E-state index in [2.05, 4.69) is 16.0 Å². The van der Waals surface area contributed by atoms with Crippen molar-refractivity contribution in [1.29, 1.82) is 0 Å². The number of imide groups is 1. The lowest BCUT2D eigenvalue weighted by Crippen LogP contribution is -2.45.